The molecule has 0 aliphatic rings. The molecule has 0 aromatic heterocycles. The molecule has 6 rings (SSSR count). The summed E-state index contributed by atoms with van der Waals surface area (Å²) in [5.74, 6) is -0.188. The third kappa shape index (κ3) is 12.0. The van der Waals surface area contributed by atoms with E-state index >= 15 is 0 Å². The van der Waals surface area contributed by atoms with Gasteiger partial charge in [0.05, 0.1) is 0 Å². The minimum absolute atomic E-state index is 0.121. The van der Waals surface area contributed by atoms with E-state index in [1.54, 1.807) is 36.4 Å². The molecule has 8 heteroatoms. The van der Waals surface area contributed by atoms with Crippen LogP contribution in [0, 0.1) is 11.6 Å². The van der Waals surface area contributed by atoms with E-state index in [-0.39, 0.29) is 23.1 Å². The Kier molecular flexibility index (Phi) is 15.0. The number of ether oxygens (including phenoxy) is 2. The van der Waals surface area contributed by atoms with Crippen LogP contribution in [0.25, 0.3) is 44.5 Å². The minimum Gasteiger partial charge on any atom is -0.435 e. The van der Waals surface area contributed by atoms with Crippen molar-refractivity contribution in [1.29, 1.82) is 0 Å². The lowest BCUT2D eigenvalue weighted by Gasteiger charge is -2.09. The highest BCUT2D eigenvalue weighted by Gasteiger charge is 2.10. The van der Waals surface area contributed by atoms with Gasteiger partial charge in [0.1, 0.15) is 23.1 Å². The largest absolute Gasteiger partial charge is 0.435 e. The van der Waals surface area contributed by atoms with Crippen molar-refractivity contribution in [3.05, 3.63) is 156 Å². The number of aryl methyl sites for hydroxylation is 2. The molecule has 0 N–H and O–H groups in total. The molecule has 0 aliphatic carbocycles. The molecular formula is C47H44F6O2. The smallest absolute Gasteiger partial charge is 0.387 e. The van der Waals surface area contributed by atoms with Crippen LogP contribution >= 0.6 is 0 Å². The summed E-state index contributed by atoms with van der Waals surface area (Å²) in [7, 11) is 0. The third-order valence-electron chi connectivity index (χ3n) is 9.17. The molecule has 0 saturated carbocycles. The lowest BCUT2D eigenvalue weighted by atomic mass is 9.98. The maximum atomic E-state index is 14.5. The molecule has 0 aliphatic heterocycles. The zero-order chi connectivity index (χ0) is 39.2. The van der Waals surface area contributed by atoms with Crippen molar-refractivity contribution in [2.24, 2.45) is 0 Å². The second-order valence-corrected chi connectivity index (χ2v) is 13.1. The van der Waals surface area contributed by atoms with Crippen LogP contribution < -0.4 is 9.47 Å². The van der Waals surface area contributed by atoms with E-state index < -0.39 is 13.2 Å². The summed E-state index contributed by atoms with van der Waals surface area (Å²) in [5.41, 5.74) is 8.38. The van der Waals surface area contributed by atoms with Crippen LogP contribution in [0.15, 0.2) is 133 Å². The minimum atomic E-state index is -2.84. The fourth-order valence-electron chi connectivity index (χ4n) is 6.20. The van der Waals surface area contributed by atoms with Gasteiger partial charge in [-0.05, 0) is 107 Å². The number of rotatable bonds is 15. The predicted octanol–water partition coefficient (Wildman–Crippen LogP) is 14.6. The second kappa shape index (κ2) is 20.3. The van der Waals surface area contributed by atoms with Gasteiger partial charge in [0.15, 0.2) is 0 Å². The van der Waals surface area contributed by atoms with Gasteiger partial charge in [-0.25, -0.2) is 8.78 Å². The molecule has 6 aromatic carbocycles. The Morgan fingerprint density at radius 3 is 1.05 bits per heavy atom. The van der Waals surface area contributed by atoms with E-state index in [9.17, 15) is 26.3 Å². The van der Waals surface area contributed by atoms with E-state index in [1.807, 2.05) is 72.8 Å². The molecule has 6 aromatic rings. The summed E-state index contributed by atoms with van der Waals surface area (Å²) in [4.78, 5) is 0. The molecular weight excluding hydrogens is 711 g/mol. The van der Waals surface area contributed by atoms with Crippen molar-refractivity contribution in [3.8, 4) is 56.0 Å². The Labute approximate surface area is 319 Å². The summed E-state index contributed by atoms with van der Waals surface area (Å²) in [6.07, 6.45) is 7.29. The van der Waals surface area contributed by atoms with Crippen LogP contribution in [0.3, 0.4) is 0 Å². The Bertz CT molecular complexity index is 2060. The van der Waals surface area contributed by atoms with Crippen LogP contribution in [0.5, 0.6) is 11.5 Å². The maximum absolute atomic E-state index is 14.5. The first kappa shape index (κ1) is 40.7. The van der Waals surface area contributed by atoms with Gasteiger partial charge in [0.25, 0.3) is 0 Å². The van der Waals surface area contributed by atoms with Crippen LogP contribution in [0.2, 0.25) is 0 Å². The Morgan fingerprint density at radius 1 is 0.400 bits per heavy atom. The molecule has 0 amide bonds. The lowest BCUT2D eigenvalue weighted by molar-refractivity contribution is -0.0505. The summed E-state index contributed by atoms with van der Waals surface area (Å²) in [5, 5.41) is 0. The van der Waals surface area contributed by atoms with E-state index in [4.69, 9.17) is 0 Å². The molecule has 0 unspecified atom stereocenters. The maximum Gasteiger partial charge on any atom is 0.387 e. The third-order valence-corrected chi connectivity index (χ3v) is 9.17. The van der Waals surface area contributed by atoms with Gasteiger partial charge in [-0.2, -0.15) is 17.6 Å². The number of hydrogen-bond acceptors (Lipinski definition) is 2. The highest BCUT2D eigenvalue weighted by molar-refractivity contribution is 5.72. The van der Waals surface area contributed by atoms with Crippen molar-refractivity contribution in [2.45, 2.75) is 72.0 Å². The van der Waals surface area contributed by atoms with Gasteiger partial charge < -0.3 is 9.47 Å². The molecule has 0 radical (unpaired) electrons. The summed E-state index contributed by atoms with van der Waals surface area (Å²) >= 11 is 0. The monoisotopic (exact) mass is 754 g/mol. The molecule has 0 atom stereocenters. The Balaban J connectivity index is 0.000000211. The zero-order valence-corrected chi connectivity index (χ0v) is 30.9. The molecule has 55 heavy (non-hydrogen) atoms. The van der Waals surface area contributed by atoms with Gasteiger partial charge >= 0.3 is 13.2 Å². The molecule has 2 nitrogen and oxygen atoms in total. The average molecular weight is 755 g/mol. The first-order chi connectivity index (χ1) is 26.6. The summed E-state index contributed by atoms with van der Waals surface area (Å²) < 4.78 is 86.6. The van der Waals surface area contributed by atoms with Crippen molar-refractivity contribution < 1.29 is 35.8 Å². The number of benzene rings is 6. The fourth-order valence-corrected chi connectivity index (χ4v) is 6.20. The molecule has 286 valence electrons. The quantitative estimate of drug-likeness (QED) is 0.0768. The topological polar surface area (TPSA) is 18.5 Å². The van der Waals surface area contributed by atoms with E-state index in [0.29, 0.717) is 11.1 Å². The zero-order valence-electron chi connectivity index (χ0n) is 30.9. The van der Waals surface area contributed by atoms with Gasteiger partial charge in [-0.15, -0.1) is 0 Å². The number of unbranched alkanes of at least 4 members (excludes halogenated alkanes) is 3. The van der Waals surface area contributed by atoms with Gasteiger partial charge in [-0.1, -0.05) is 130 Å². The van der Waals surface area contributed by atoms with Gasteiger partial charge in [0, 0.05) is 11.1 Å². The van der Waals surface area contributed by atoms with Crippen LogP contribution in [0.1, 0.15) is 57.1 Å². The van der Waals surface area contributed by atoms with Crippen molar-refractivity contribution >= 4 is 0 Å². The number of alkyl halides is 4. The van der Waals surface area contributed by atoms with Crippen molar-refractivity contribution in [2.75, 3.05) is 0 Å². The summed E-state index contributed by atoms with van der Waals surface area (Å²) in [6.45, 7) is -1.40. The average Bonchev–Trinajstić information content (AvgIpc) is 3.18. The first-order valence-electron chi connectivity index (χ1n) is 18.5. The van der Waals surface area contributed by atoms with E-state index in [0.717, 1.165) is 89.5 Å². The highest BCUT2D eigenvalue weighted by atomic mass is 19.3. The standard InChI is InChI=1S/C24H23F3O.C23H21F3O/c1-2-3-4-5-17-6-15-22(23(25)16-17)20-9-7-18(8-10-20)19-11-13-21(14-12-19)28-24(26)27;1-2-3-4-16-5-14-21(22(24)15-16)19-8-6-17(7-9-19)18-10-12-20(13-11-18)27-23(25)26/h6-16,24H,2-5H2,1H3;5-15,23H,2-4H2,1H3. The normalized spacial score (nSPS) is 11.0. The van der Waals surface area contributed by atoms with Crippen LogP contribution in [-0.4, -0.2) is 13.2 Å². The molecule has 0 heterocycles. The predicted molar refractivity (Wildman–Crippen MR) is 210 cm³/mol. The second-order valence-electron chi connectivity index (χ2n) is 13.1. The Morgan fingerprint density at radius 2 is 0.727 bits per heavy atom. The Hall–Kier alpha value is -5.50. The molecule has 0 spiro atoms. The van der Waals surface area contributed by atoms with E-state index in [1.165, 1.54) is 24.3 Å². The molecule has 0 saturated heterocycles. The number of halogens is 6. The molecule has 0 fully saturated rings. The van der Waals surface area contributed by atoms with E-state index in [2.05, 4.69) is 23.3 Å². The van der Waals surface area contributed by atoms with Crippen LogP contribution in [0.4, 0.5) is 26.3 Å². The van der Waals surface area contributed by atoms with Crippen LogP contribution in [-0.2, 0) is 12.8 Å². The highest BCUT2D eigenvalue weighted by Crippen LogP contribution is 2.31. The van der Waals surface area contributed by atoms with Crippen molar-refractivity contribution in [1.82, 2.24) is 0 Å². The summed E-state index contributed by atoms with van der Waals surface area (Å²) in [6, 6.07) is 38.8. The SMILES string of the molecule is CCCCCc1ccc(-c2ccc(-c3ccc(OC(F)F)cc3)cc2)c(F)c1.CCCCc1ccc(-c2ccc(-c3ccc(OC(F)F)cc3)cc2)c(F)c1. The fraction of sp³-hybridized carbons (Fsp3) is 0.234. The van der Waals surface area contributed by atoms with Gasteiger partial charge in [-0.3, -0.25) is 0 Å². The first-order valence-corrected chi connectivity index (χ1v) is 18.5. The molecule has 0 bridgehead atoms. The van der Waals surface area contributed by atoms with Crippen molar-refractivity contribution in [3.63, 3.8) is 0 Å². The lowest BCUT2D eigenvalue weighted by Crippen LogP contribution is -2.01. The van der Waals surface area contributed by atoms with Gasteiger partial charge in [0.2, 0.25) is 0 Å². The number of hydrogen-bond donors (Lipinski definition) is 0.